The second-order valence-electron chi connectivity index (χ2n) is 9.41. The van der Waals surface area contributed by atoms with Gasteiger partial charge in [0.1, 0.15) is 0 Å². The van der Waals surface area contributed by atoms with E-state index in [-0.39, 0.29) is 23.6 Å². The number of phenolic OH excluding ortho intramolecular Hbond substituents is 2. The third-order valence-electron chi connectivity index (χ3n) is 6.72. The maximum Gasteiger partial charge on any atom is 0.252 e. The van der Waals surface area contributed by atoms with Crippen LogP contribution in [0.4, 0.5) is 11.4 Å². The molecule has 0 bridgehead atoms. The third-order valence-corrected chi connectivity index (χ3v) is 6.72. The first-order valence-electron chi connectivity index (χ1n) is 13.6. The molecule has 1 atom stereocenters. The van der Waals surface area contributed by atoms with Gasteiger partial charge in [-0.1, -0.05) is 25.1 Å². The molecule has 0 fully saturated rings. The Morgan fingerprint density at radius 3 is 2.39 bits per heavy atom. The lowest BCUT2D eigenvalue weighted by Crippen LogP contribution is -2.22. The highest BCUT2D eigenvalue weighted by Crippen LogP contribution is 2.38. The number of aromatic nitrogens is 1. The first-order valence-corrected chi connectivity index (χ1v) is 13.6. The van der Waals surface area contributed by atoms with E-state index in [9.17, 15) is 20.1 Å². The van der Waals surface area contributed by atoms with Gasteiger partial charge in [0.05, 0.1) is 36.1 Å². The summed E-state index contributed by atoms with van der Waals surface area (Å²) < 4.78 is 11.6. The van der Waals surface area contributed by atoms with Crippen molar-refractivity contribution in [1.29, 1.82) is 0 Å². The SMILES string of the molecule is CCOc1cc2ncc(C(N)=O)c(Nc3cccc(CNCC(O)c4ccc(O)c(O)c4)c3CC)c2cc1OCC. The molecule has 0 saturated carbocycles. The number of benzene rings is 3. The zero-order valence-electron chi connectivity index (χ0n) is 23.4. The molecule has 1 aromatic heterocycles. The highest BCUT2D eigenvalue weighted by Gasteiger charge is 2.19. The molecule has 0 aliphatic heterocycles. The molecule has 4 aromatic rings. The fourth-order valence-corrected chi connectivity index (χ4v) is 4.74. The van der Waals surface area contributed by atoms with Crippen LogP contribution in [0.3, 0.4) is 0 Å². The Bertz CT molecular complexity index is 1540. The molecular formula is C31H36N4O6. The fraction of sp³-hybridized carbons (Fsp3) is 0.290. The summed E-state index contributed by atoms with van der Waals surface area (Å²) in [4.78, 5) is 16.9. The molecule has 0 aliphatic rings. The van der Waals surface area contributed by atoms with Gasteiger partial charge in [-0.25, -0.2) is 0 Å². The predicted octanol–water partition coefficient (Wildman–Crippen LogP) is 4.67. The maximum atomic E-state index is 12.4. The number of anilines is 2. The lowest BCUT2D eigenvalue weighted by molar-refractivity contribution is 0.100. The van der Waals surface area contributed by atoms with Gasteiger partial charge in [0, 0.05) is 36.4 Å². The molecule has 41 heavy (non-hydrogen) atoms. The molecule has 0 spiro atoms. The third kappa shape index (κ3) is 6.62. The zero-order chi connectivity index (χ0) is 29.5. The Balaban J connectivity index is 1.64. The second kappa shape index (κ2) is 13.2. The van der Waals surface area contributed by atoms with E-state index < -0.39 is 12.0 Å². The Labute approximate surface area is 238 Å². The van der Waals surface area contributed by atoms with Crippen molar-refractivity contribution in [2.24, 2.45) is 5.73 Å². The molecule has 10 heteroatoms. The van der Waals surface area contributed by atoms with E-state index in [1.54, 1.807) is 12.1 Å². The summed E-state index contributed by atoms with van der Waals surface area (Å²) >= 11 is 0. The number of amides is 1. The van der Waals surface area contributed by atoms with E-state index in [0.717, 1.165) is 16.8 Å². The Kier molecular flexibility index (Phi) is 9.49. The Morgan fingerprint density at radius 1 is 1.00 bits per heavy atom. The quantitative estimate of drug-likeness (QED) is 0.128. The highest BCUT2D eigenvalue weighted by molar-refractivity contribution is 6.08. The second-order valence-corrected chi connectivity index (χ2v) is 9.41. The molecule has 1 heterocycles. The number of hydrogen-bond donors (Lipinski definition) is 6. The molecule has 0 radical (unpaired) electrons. The van der Waals surface area contributed by atoms with E-state index in [1.165, 1.54) is 18.3 Å². The molecule has 3 aromatic carbocycles. The molecule has 4 rings (SSSR count). The van der Waals surface area contributed by atoms with Gasteiger partial charge < -0.3 is 41.2 Å². The maximum absolute atomic E-state index is 12.4. The van der Waals surface area contributed by atoms with E-state index in [4.69, 9.17) is 15.2 Å². The van der Waals surface area contributed by atoms with Crippen molar-refractivity contribution in [1.82, 2.24) is 10.3 Å². The van der Waals surface area contributed by atoms with Crippen LogP contribution < -0.4 is 25.8 Å². The van der Waals surface area contributed by atoms with Crippen LogP contribution in [0.15, 0.2) is 54.7 Å². The van der Waals surface area contributed by atoms with Gasteiger partial charge in [-0.3, -0.25) is 9.78 Å². The van der Waals surface area contributed by atoms with Crippen molar-refractivity contribution in [2.45, 2.75) is 39.8 Å². The summed E-state index contributed by atoms with van der Waals surface area (Å²) in [6, 6.07) is 13.7. The van der Waals surface area contributed by atoms with Crippen molar-refractivity contribution in [3.05, 3.63) is 77.0 Å². The number of nitrogens with two attached hydrogens (primary N) is 1. The summed E-state index contributed by atoms with van der Waals surface area (Å²) in [6.45, 7) is 7.42. The molecular weight excluding hydrogens is 524 g/mol. The molecule has 1 unspecified atom stereocenters. The van der Waals surface area contributed by atoms with E-state index in [0.29, 0.717) is 59.8 Å². The summed E-state index contributed by atoms with van der Waals surface area (Å²) in [5, 5.41) is 37.2. The zero-order valence-corrected chi connectivity index (χ0v) is 23.4. The average molecular weight is 561 g/mol. The van der Waals surface area contributed by atoms with Crippen molar-refractivity contribution in [3.63, 3.8) is 0 Å². The highest BCUT2D eigenvalue weighted by atomic mass is 16.5. The van der Waals surface area contributed by atoms with Crippen molar-refractivity contribution in [2.75, 3.05) is 25.1 Å². The van der Waals surface area contributed by atoms with Gasteiger partial charge in [-0.05, 0) is 61.2 Å². The van der Waals surface area contributed by atoms with Gasteiger partial charge in [0.2, 0.25) is 0 Å². The first kappa shape index (κ1) is 29.4. The van der Waals surface area contributed by atoms with Crippen molar-refractivity contribution >= 4 is 28.2 Å². The number of hydrogen-bond acceptors (Lipinski definition) is 9. The number of aliphatic hydroxyl groups is 1. The van der Waals surface area contributed by atoms with Crippen LogP contribution >= 0.6 is 0 Å². The monoisotopic (exact) mass is 560 g/mol. The molecule has 10 nitrogen and oxygen atoms in total. The Morgan fingerprint density at radius 2 is 1.73 bits per heavy atom. The van der Waals surface area contributed by atoms with E-state index in [2.05, 4.69) is 15.6 Å². The van der Waals surface area contributed by atoms with Crippen molar-refractivity contribution < 1.29 is 29.6 Å². The predicted molar refractivity (Wildman–Crippen MR) is 158 cm³/mol. The number of ether oxygens (including phenoxy) is 2. The van der Waals surface area contributed by atoms with Gasteiger partial charge in [0.15, 0.2) is 23.0 Å². The van der Waals surface area contributed by atoms with Crippen LogP contribution in [0.25, 0.3) is 10.9 Å². The van der Waals surface area contributed by atoms with Crippen molar-refractivity contribution in [3.8, 4) is 23.0 Å². The first-order chi connectivity index (χ1) is 19.8. The van der Waals surface area contributed by atoms with E-state index >= 15 is 0 Å². The molecule has 216 valence electrons. The molecule has 1 amide bonds. The normalized spacial score (nSPS) is 11.8. The molecule has 0 saturated heterocycles. The number of phenols is 2. The number of nitrogens with one attached hydrogen (secondary N) is 2. The number of carbonyl (C=O) groups is 1. The summed E-state index contributed by atoms with van der Waals surface area (Å²) in [6.07, 6.45) is 1.28. The van der Waals surface area contributed by atoms with Crippen LogP contribution in [0, 0.1) is 0 Å². The standard InChI is InChI=1S/C31H36N4O6/c1-4-20-19(15-33-17-27(38)18-10-11-25(36)26(37)12-18)8-7-9-23(20)35-30-21-13-28(40-5-2)29(41-6-3)14-24(21)34-16-22(30)31(32)39/h7-14,16,27,33,36-38H,4-6,15,17H2,1-3H3,(H2,32,39)(H,34,35). The van der Waals surface area contributed by atoms with Crippen LogP contribution in [0.5, 0.6) is 23.0 Å². The van der Waals surface area contributed by atoms with Crippen LogP contribution in [-0.2, 0) is 13.0 Å². The lowest BCUT2D eigenvalue weighted by atomic mass is 10.0. The molecule has 7 N–H and O–H groups in total. The number of rotatable bonds is 13. The number of aromatic hydroxyl groups is 2. The van der Waals surface area contributed by atoms with Gasteiger partial charge in [-0.2, -0.15) is 0 Å². The summed E-state index contributed by atoms with van der Waals surface area (Å²) in [7, 11) is 0. The number of carbonyl (C=O) groups excluding carboxylic acids is 1. The minimum absolute atomic E-state index is 0.230. The topological polar surface area (TPSA) is 159 Å². The lowest BCUT2D eigenvalue weighted by Gasteiger charge is -2.20. The minimum atomic E-state index is -0.879. The number of pyridine rings is 1. The number of primary amides is 1. The smallest absolute Gasteiger partial charge is 0.252 e. The number of fused-ring (bicyclic) bond motifs is 1. The van der Waals surface area contributed by atoms with Gasteiger partial charge in [0.25, 0.3) is 5.91 Å². The molecule has 0 aliphatic carbocycles. The largest absolute Gasteiger partial charge is 0.504 e. The van der Waals surface area contributed by atoms with Gasteiger partial charge >= 0.3 is 0 Å². The van der Waals surface area contributed by atoms with Crippen LogP contribution in [0.1, 0.15) is 53.9 Å². The Hall–Kier alpha value is -4.54. The van der Waals surface area contributed by atoms with Crippen LogP contribution in [0.2, 0.25) is 0 Å². The summed E-state index contributed by atoms with van der Waals surface area (Å²) in [5.41, 5.74) is 10.5. The van der Waals surface area contributed by atoms with Gasteiger partial charge in [-0.15, -0.1) is 0 Å². The number of nitrogens with zero attached hydrogens (tertiary/aromatic N) is 1. The van der Waals surface area contributed by atoms with E-state index in [1.807, 2.05) is 45.0 Å². The van der Waals surface area contributed by atoms with Crippen LogP contribution in [-0.4, -0.2) is 46.0 Å². The average Bonchev–Trinajstić information content (AvgIpc) is 2.95. The minimum Gasteiger partial charge on any atom is -0.504 e. The summed E-state index contributed by atoms with van der Waals surface area (Å²) in [5.74, 6) is -0.0216. The fourth-order valence-electron chi connectivity index (χ4n) is 4.74. The number of aliphatic hydroxyl groups excluding tert-OH is 1.